The summed E-state index contributed by atoms with van der Waals surface area (Å²) in [6.07, 6.45) is 1.91. The summed E-state index contributed by atoms with van der Waals surface area (Å²) in [7, 11) is -2.02. The van der Waals surface area contributed by atoms with Crippen LogP contribution in [0.25, 0.3) is 0 Å². The molecule has 29 heavy (non-hydrogen) atoms. The molecule has 0 unspecified atom stereocenters. The maximum atomic E-state index is 13.2. The lowest BCUT2D eigenvalue weighted by Crippen LogP contribution is -2.46. The highest BCUT2D eigenvalue weighted by Crippen LogP contribution is 2.19. The Labute approximate surface area is 173 Å². The predicted molar refractivity (Wildman–Crippen MR) is 111 cm³/mol. The molecule has 6 nitrogen and oxygen atoms in total. The van der Waals surface area contributed by atoms with Crippen molar-refractivity contribution in [3.63, 3.8) is 0 Å². The van der Waals surface area contributed by atoms with E-state index in [0.29, 0.717) is 13.1 Å². The summed E-state index contributed by atoms with van der Waals surface area (Å²) in [6.45, 7) is 8.13. The summed E-state index contributed by atoms with van der Waals surface area (Å²) in [5.74, 6) is -0.540. The fourth-order valence-corrected chi connectivity index (χ4v) is 4.66. The fraction of sp³-hybridized carbons (Fsp3) is 0.476. The van der Waals surface area contributed by atoms with Gasteiger partial charge in [0.1, 0.15) is 5.82 Å². The van der Waals surface area contributed by atoms with E-state index >= 15 is 0 Å². The van der Waals surface area contributed by atoms with Gasteiger partial charge in [-0.3, -0.25) is 4.79 Å². The van der Waals surface area contributed by atoms with Crippen LogP contribution < -0.4 is 0 Å². The SMILES string of the molecule is CC(C)CN(Cc1cccn1C)C(=O)CN(C(C)C)S(=O)(=O)c1ccc(F)cc1. The number of carbonyl (C=O) groups is 1. The standard InChI is InChI=1S/C21H30FN3O3S/c1-16(2)13-24(14-19-7-6-12-23(19)5)21(26)15-25(17(3)4)29(27,28)20-10-8-18(22)9-11-20/h6-12,16-17H,13-15H2,1-5H3. The molecular weight excluding hydrogens is 393 g/mol. The molecule has 0 saturated carbocycles. The number of halogens is 1. The van der Waals surface area contributed by atoms with E-state index in [1.165, 1.54) is 16.4 Å². The molecule has 1 heterocycles. The van der Waals surface area contributed by atoms with E-state index in [0.717, 1.165) is 17.8 Å². The molecule has 0 atom stereocenters. The molecular formula is C21H30FN3O3S. The van der Waals surface area contributed by atoms with Gasteiger partial charge in [-0.1, -0.05) is 13.8 Å². The van der Waals surface area contributed by atoms with E-state index in [-0.39, 0.29) is 23.3 Å². The van der Waals surface area contributed by atoms with Gasteiger partial charge >= 0.3 is 0 Å². The number of aromatic nitrogens is 1. The van der Waals surface area contributed by atoms with Crippen molar-refractivity contribution < 1.29 is 17.6 Å². The van der Waals surface area contributed by atoms with Crippen LogP contribution >= 0.6 is 0 Å². The third-order valence-electron chi connectivity index (χ3n) is 4.63. The first-order valence-electron chi connectivity index (χ1n) is 9.67. The third-order valence-corrected chi connectivity index (χ3v) is 6.67. The molecule has 0 aliphatic heterocycles. The smallest absolute Gasteiger partial charge is 0.243 e. The maximum absolute atomic E-state index is 13.2. The molecule has 1 aromatic heterocycles. The topological polar surface area (TPSA) is 62.6 Å². The molecule has 1 aromatic carbocycles. The molecule has 0 saturated heterocycles. The first-order valence-corrected chi connectivity index (χ1v) is 11.1. The van der Waals surface area contributed by atoms with Gasteiger partial charge in [0.15, 0.2) is 0 Å². The van der Waals surface area contributed by atoms with Gasteiger partial charge in [-0.25, -0.2) is 12.8 Å². The summed E-state index contributed by atoms with van der Waals surface area (Å²) in [5, 5.41) is 0. The van der Waals surface area contributed by atoms with Gasteiger partial charge in [0.25, 0.3) is 0 Å². The molecule has 160 valence electrons. The zero-order chi connectivity index (χ0) is 21.8. The van der Waals surface area contributed by atoms with Gasteiger partial charge in [0.2, 0.25) is 15.9 Å². The van der Waals surface area contributed by atoms with Gasteiger partial charge < -0.3 is 9.47 Å². The summed E-state index contributed by atoms with van der Waals surface area (Å²) in [5.41, 5.74) is 0.969. The molecule has 0 radical (unpaired) electrons. The number of nitrogens with zero attached hydrogens (tertiary/aromatic N) is 3. The zero-order valence-corrected chi connectivity index (χ0v) is 18.5. The highest BCUT2D eigenvalue weighted by molar-refractivity contribution is 7.89. The third kappa shape index (κ3) is 5.90. The molecule has 2 rings (SSSR count). The van der Waals surface area contributed by atoms with Crippen LogP contribution in [0.1, 0.15) is 33.4 Å². The summed E-state index contributed by atoms with van der Waals surface area (Å²) in [4.78, 5) is 14.8. The average Bonchev–Trinajstić information content (AvgIpc) is 3.03. The van der Waals surface area contributed by atoms with Crippen molar-refractivity contribution >= 4 is 15.9 Å². The number of carbonyl (C=O) groups excluding carboxylic acids is 1. The average molecular weight is 424 g/mol. The number of benzene rings is 1. The zero-order valence-electron chi connectivity index (χ0n) is 17.7. The van der Waals surface area contributed by atoms with Crippen molar-refractivity contribution in [2.24, 2.45) is 13.0 Å². The van der Waals surface area contributed by atoms with E-state index in [9.17, 15) is 17.6 Å². The minimum atomic E-state index is -3.93. The van der Waals surface area contributed by atoms with Gasteiger partial charge in [0.05, 0.1) is 18.0 Å². The molecule has 0 N–H and O–H groups in total. The Morgan fingerprint density at radius 1 is 1.10 bits per heavy atom. The molecule has 0 spiro atoms. The van der Waals surface area contributed by atoms with Crippen molar-refractivity contribution in [3.05, 3.63) is 54.1 Å². The second kappa shape index (κ2) is 9.54. The van der Waals surface area contributed by atoms with E-state index in [2.05, 4.69) is 0 Å². The highest BCUT2D eigenvalue weighted by Gasteiger charge is 2.31. The van der Waals surface area contributed by atoms with Crippen LogP contribution in [0.4, 0.5) is 4.39 Å². The molecule has 0 fully saturated rings. The molecule has 0 aliphatic carbocycles. The van der Waals surface area contributed by atoms with Gasteiger partial charge in [0, 0.05) is 31.5 Å². The lowest BCUT2D eigenvalue weighted by molar-refractivity contribution is -0.132. The van der Waals surface area contributed by atoms with Crippen molar-refractivity contribution in [1.82, 2.24) is 13.8 Å². The van der Waals surface area contributed by atoms with Crippen molar-refractivity contribution in [2.75, 3.05) is 13.1 Å². The van der Waals surface area contributed by atoms with Crippen LogP contribution in [0, 0.1) is 11.7 Å². The normalized spacial score (nSPS) is 12.2. The largest absolute Gasteiger partial charge is 0.353 e. The molecule has 0 bridgehead atoms. The fourth-order valence-electron chi connectivity index (χ4n) is 3.07. The van der Waals surface area contributed by atoms with Gasteiger partial charge in [-0.2, -0.15) is 4.31 Å². The first-order chi connectivity index (χ1) is 13.5. The molecule has 0 aliphatic rings. The van der Waals surface area contributed by atoms with E-state index < -0.39 is 21.9 Å². The summed E-state index contributed by atoms with van der Waals surface area (Å²) >= 11 is 0. The number of hydrogen-bond acceptors (Lipinski definition) is 3. The Morgan fingerprint density at radius 2 is 1.72 bits per heavy atom. The van der Waals surface area contributed by atoms with Crippen molar-refractivity contribution in [2.45, 2.75) is 45.2 Å². The summed E-state index contributed by atoms with van der Waals surface area (Å²) in [6, 6.07) is 8.08. The maximum Gasteiger partial charge on any atom is 0.243 e. The van der Waals surface area contributed by atoms with Gasteiger partial charge in [-0.15, -0.1) is 0 Å². The Hall–Kier alpha value is -2.19. The van der Waals surface area contributed by atoms with Crippen LogP contribution in [0.2, 0.25) is 0 Å². The number of rotatable bonds is 9. The van der Waals surface area contributed by atoms with Crippen LogP contribution in [-0.4, -0.2) is 47.2 Å². The van der Waals surface area contributed by atoms with Crippen molar-refractivity contribution in [3.8, 4) is 0 Å². The van der Waals surface area contributed by atoms with Crippen LogP contribution in [0.15, 0.2) is 47.5 Å². The minimum Gasteiger partial charge on any atom is -0.353 e. The Balaban J connectivity index is 2.27. The van der Waals surface area contributed by atoms with Gasteiger partial charge in [-0.05, 0) is 56.2 Å². The lowest BCUT2D eigenvalue weighted by atomic mass is 10.2. The Kier molecular flexibility index (Phi) is 7.60. The Morgan fingerprint density at radius 3 is 2.21 bits per heavy atom. The minimum absolute atomic E-state index is 0.0294. The monoisotopic (exact) mass is 423 g/mol. The van der Waals surface area contributed by atoms with Crippen LogP contribution in [0.5, 0.6) is 0 Å². The number of sulfonamides is 1. The Bertz CT molecular complexity index is 921. The highest BCUT2D eigenvalue weighted by atomic mass is 32.2. The van der Waals surface area contributed by atoms with E-state index in [1.807, 2.05) is 43.8 Å². The van der Waals surface area contributed by atoms with Crippen LogP contribution in [-0.2, 0) is 28.4 Å². The predicted octanol–water partition coefficient (Wildman–Crippen LogP) is 3.25. The number of aryl methyl sites for hydroxylation is 1. The van der Waals surface area contributed by atoms with Crippen molar-refractivity contribution in [1.29, 1.82) is 0 Å². The molecule has 8 heteroatoms. The quantitative estimate of drug-likeness (QED) is 0.622. The molecule has 1 amide bonds. The second-order valence-electron chi connectivity index (χ2n) is 7.88. The number of amides is 1. The second-order valence-corrected chi connectivity index (χ2v) is 9.77. The van der Waals surface area contributed by atoms with E-state index in [4.69, 9.17) is 0 Å². The van der Waals surface area contributed by atoms with Crippen LogP contribution in [0.3, 0.4) is 0 Å². The summed E-state index contributed by atoms with van der Waals surface area (Å²) < 4.78 is 42.5. The lowest BCUT2D eigenvalue weighted by Gasteiger charge is -2.30. The first kappa shape index (κ1) is 23.1. The number of hydrogen-bond donors (Lipinski definition) is 0. The molecule has 2 aromatic rings. The van der Waals surface area contributed by atoms with E-state index in [1.54, 1.807) is 18.7 Å².